The largest absolute Gasteiger partial charge is 0.497 e. The summed E-state index contributed by atoms with van der Waals surface area (Å²) in [5.74, 6) is -0.394. The average molecular weight is 634 g/mol. The van der Waals surface area contributed by atoms with Crippen molar-refractivity contribution < 1.29 is 22.7 Å². The summed E-state index contributed by atoms with van der Waals surface area (Å²) in [5, 5.41) is 3.26. The molecule has 0 spiro atoms. The number of amides is 2. The van der Waals surface area contributed by atoms with E-state index in [2.05, 4.69) is 5.32 Å². The molecule has 230 valence electrons. The van der Waals surface area contributed by atoms with Gasteiger partial charge in [0.05, 0.1) is 17.7 Å². The quantitative estimate of drug-likeness (QED) is 0.204. The van der Waals surface area contributed by atoms with Gasteiger partial charge < -0.3 is 15.0 Å². The van der Waals surface area contributed by atoms with Gasteiger partial charge in [0, 0.05) is 24.0 Å². The normalized spacial score (nSPS) is 11.9. The van der Waals surface area contributed by atoms with Gasteiger partial charge in [-0.1, -0.05) is 78.3 Å². The van der Waals surface area contributed by atoms with E-state index in [1.807, 2.05) is 74.5 Å². The number of anilines is 1. The fourth-order valence-corrected chi connectivity index (χ4v) is 6.34. The SMILES string of the molecule is COc1ccc(S(=O)(=O)N(CC(=O)N(Cc2ccccc2)[C@@H](Cc2ccccc2)C(=O)NC(C)C)c2cccc(Cl)c2)cc1. The van der Waals surface area contributed by atoms with Crippen LogP contribution >= 0.6 is 11.6 Å². The number of nitrogens with one attached hydrogen (secondary N) is 1. The van der Waals surface area contributed by atoms with Gasteiger partial charge in [-0.3, -0.25) is 13.9 Å². The summed E-state index contributed by atoms with van der Waals surface area (Å²) >= 11 is 6.28. The molecule has 0 aliphatic rings. The second-order valence-electron chi connectivity index (χ2n) is 10.5. The highest BCUT2D eigenvalue weighted by atomic mass is 35.5. The Morgan fingerprint density at radius 1 is 0.841 bits per heavy atom. The number of sulfonamides is 1. The monoisotopic (exact) mass is 633 g/mol. The van der Waals surface area contributed by atoms with Gasteiger partial charge in [-0.15, -0.1) is 0 Å². The lowest BCUT2D eigenvalue weighted by Crippen LogP contribution is -2.54. The van der Waals surface area contributed by atoms with Crippen LogP contribution in [0.15, 0.2) is 114 Å². The van der Waals surface area contributed by atoms with E-state index >= 15 is 0 Å². The van der Waals surface area contributed by atoms with E-state index < -0.39 is 28.5 Å². The van der Waals surface area contributed by atoms with Gasteiger partial charge in [-0.25, -0.2) is 8.42 Å². The highest BCUT2D eigenvalue weighted by Crippen LogP contribution is 2.28. The third-order valence-electron chi connectivity index (χ3n) is 6.92. The Bertz CT molecular complexity index is 1650. The molecular formula is C34H36ClN3O5S. The maximum absolute atomic E-state index is 14.4. The van der Waals surface area contributed by atoms with Crippen LogP contribution in [0.5, 0.6) is 5.75 Å². The first-order valence-corrected chi connectivity index (χ1v) is 16.0. The summed E-state index contributed by atoms with van der Waals surface area (Å²) < 4.78 is 34.4. The predicted octanol–water partition coefficient (Wildman–Crippen LogP) is 5.71. The van der Waals surface area contributed by atoms with Crippen LogP contribution in [0, 0.1) is 0 Å². The molecule has 0 bridgehead atoms. The summed E-state index contributed by atoms with van der Waals surface area (Å²) in [7, 11) is -2.76. The molecule has 0 unspecified atom stereocenters. The van der Waals surface area contributed by atoms with Crippen molar-refractivity contribution in [3.63, 3.8) is 0 Å². The smallest absolute Gasteiger partial charge is 0.264 e. The number of hydrogen-bond acceptors (Lipinski definition) is 5. The van der Waals surface area contributed by atoms with E-state index in [0.29, 0.717) is 10.8 Å². The molecule has 0 radical (unpaired) electrons. The minimum absolute atomic E-state index is 0.0286. The minimum atomic E-state index is -4.25. The second kappa shape index (κ2) is 14.9. The molecule has 0 aliphatic heterocycles. The van der Waals surface area contributed by atoms with E-state index in [1.165, 1.54) is 30.2 Å². The highest BCUT2D eigenvalue weighted by molar-refractivity contribution is 7.92. The first kappa shape index (κ1) is 32.6. The van der Waals surface area contributed by atoms with Crippen LogP contribution in [-0.4, -0.2) is 50.9 Å². The van der Waals surface area contributed by atoms with Gasteiger partial charge in [-0.2, -0.15) is 0 Å². The van der Waals surface area contributed by atoms with Crippen molar-refractivity contribution in [2.75, 3.05) is 18.0 Å². The number of benzene rings is 4. The number of nitrogens with zero attached hydrogens (tertiary/aromatic N) is 2. The Hall–Kier alpha value is -4.34. The molecule has 1 N–H and O–H groups in total. The lowest BCUT2D eigenvalue weighted by Gasteiger charge is -2.34. The standard InChI is InChI=1S/C34H36ClN3O5S/c1-25(2)36-34(40)32(21-26-11-6-4-7-12-26)37(23-27-13-8-5-9-14-27)33(39)24-38(29-16-10-15-28(35)22-29)44(41,42)31-19-17-30(43-3)18-20-31/h4-20,22,25,32H,21,23-24H2,1-3H3,(H,36,40)/t32-/m0/s1. The van der Waals surface area contributed by atoms with Crippen LogP contribution in [0.4, 0.5) is 5.69 Å². The highest BCUT2D eigenvalue weighted by Gasteiger charge is 2.35. The number of ether oxygens (including phenoxy) is 1. The summed E-state index contributed by atoms with van der Waals surface area (Å²) in [5.41, 5.74) is 1.87. The van der Waals surface area contributed by atoms with Crippen LogP contribution in [0.2, 0.25) is 5.02 Å². The molecular weight excluding hydrogens is 598 g/mol. The van der Waals surface area contributed by atoms with Gasteiger partial charge in [0.2, 0.25) is 11.8 Å². The van der Waals surface area contributed by atoms with E-state index in [-0.39, 0.29) is 35.5 Å². The molecule has 0 aromatic heterocycles. The number of carbonyl (C=O) groups excluding carboxylic acids is 2. The van der Waals surface area contributed by atoms with Crippen LogP contribution in [0.3, 0.4) is 0 Å². The van der Waals surface area contributed by atoms with Gasteiger partial charge in [0.1, 0.15) is 18.3 Å². The molecule has 4 aromatic carbocycles. The molecule has 0 heterocycles. The summed E-state index contributed by atoms with van der Waals surface area (Å²) in [6, 6.07) is 29.9. The summed E-state index contributed by atoms with van der Waals surface area (Å²) in [4.78, 5) is 29.5. The Balaban J connectivity index is 1.79. The lowest BCUT2D eigenvalue weighted by atomic mass is 10.0. The Morgan fingerprint density at radius 3 is 2.02 bits per heavy atom. The molecule has 8 nitrogen and oxygen atoms in total. The number of methoxy groups -OCH3 is 1. The average Bonchev–Trinajstić information content (AvgIpc) is 3.02. The molecule has 4 rings (SSSR count). The van der Waals surface area contributed by atoms with E-state index in [9.17, 15) is 18.0 Å². The van der Waals surface area contributed by atoms with Gasteiger partial charge in [0.25, 0.3) is 10.0 Å². The van der Waals surface area contributed by atoms with Crippen LogP contribution < -0.4 is 14.4 Å². The molecule has 0 saturated carbocycles. The Labute approximate surface area is 264 Å². The van der Waals surface area contributed by atoms with Crippen LogP contribution in [-0.2, 0) is 32.6 Å². The van der Waals surface area contributed by atoms with Crippen molar-refractivity contribution in [2.24, 2.45) is 0 Å². The predicted molar refractivity (Wildman–Crippen MR) is 173 cm³/mol. The number of halogens is 1. The third kappa shape index (κ3) is 8.39. The van der Waals surface area contributed by atoms with Crippen molar-refractivity contribution in [3.8, 4) is 5.75 Å². The summed E-state index contributed by atoms with van der Waals surface area (Å²) in [6.07, 6.45) is 0.236. The molecule has 2 amide bonds. The molecule has 1 atom stereocenters. The maximum atomic E-state index is 14.4. The second-order valence-corrected chi connectivity index (χ2v) is 12.8. The van der Waals surface area contributed by atoms with Crippen molar-refractivity contribution in [1.82, 2.24) is 10.2 Å². The van der Waals surface area contributed by atoms with Crippen LogP contribution in [0.25, 0.3) is 0 Å². The first-order valence-electron chi connectivity index (χ1n) is 14.2. The minimum Gasteiger partial charge on any atom is -0.497 e. The van der Waals surface area contributed by atoms with Gasteiger partial charge >= 0.3 is 0 Å². The fraction of sp³-hybridized carbons (Fsp3) is 0.235. The molecule has 10 heteroatoms. The molecule has 0 aliphatic carbocycles. The number of carbonyl (C=O) groups is 2. The number of hydrogen-bond donors (Lipinski definition) is 1. The number of rotatable bonds is 13. The molecule has 44 heavy (non-hydrogen) atoms. The molecule has 0 fully saturated rings. The summed E-state index contributed by atoms with van der Waals surface area (Å²) in [6.45, 7) is 3.22. The van der Waals surface area contributed by atoms with Crippen LogP contribution in [0.1, 0.15) is 25.0 Å². The van der Waals surface area contributed by atoms with Crippen molar-refractivity contribution in [2.45, 2.75) is 43.8 Å². The zero-order valence-corrected chi connectivity index (χ0v) is 26.5. The van der Waals surface area contributed by atoms with Gasteiger partial charge in [-0.05, 0) is 67.4 Å². The molecule has 0 saturated heterocycles. The zero-order valence-electron chi connectivity index (χ0n) is 24.9. The Morgan fingerprint density at radius 2 is 1.45 bits per heavy atom. The topological polar surface area (TPSA) is 96.0 Å². The Kier molecular flexibility index (Phi) is 11.0. The maximum Gasteiger partial charge on any atom is 0.264 e. The van der Waals surface area contributed by atoms with E-state index in [1.54, 1.807) is 30.3 Å². The first-order chi connectivity index (χ1) is 21.1. The fourth-order valence-electron chi connectivity index (χ4n) is 4.75. The zero-order chi connectivity index (χ0) is 31.7. The van der Waals surface area contributed by atoms with Crippen molar-refractivity contribution in [3.05, 3.63) is 125 Å². The third-order valence-corrected chi connectivity index (χ3v) is 8.94. The van der Waals surface area contributed by atoms with E-state index in [0.717, 1.165) is 15.4 Å². The lowest BCUT2D eigenvalue weighted by molar-refractivity contribution is -0.140. The van der Waals surface area contributed by atoms with Gasteiger partial charge in [0.15, 0.2) is 0 Å². The van der Waals surface area contributed by atoms with Crippen molar-refractivity contribution in [1.29, 1.82) is 0 Å². The molecule has 4 aromatic rings. The van der Waals surface area contributed by atoms with Crippen molar-refractivity contribution >= 4 is 39.1 Å². The van der Waals surface area contributed by atoms with E-state index in [4.69, 9.17) is 16.3 Å².